The number of carbonyl (C=O) groups excluding carboxylic acids is 1. The monoisotopic (exact) mass is 183 g/mol. The van der Waals surface area contributed by atoms with Crippen LogP contribution in [0.5, 0.6) is 0 Å². The van der Waals surface area contributed by atoms with Crippen LogP contribution in [-0.2, 0) is 11.3 Å². The summed E-state index contributed by atoms with van der Waals surface area (Å²) in [6.07, 6.45) is 3.32. The minimum absolute atomic E-state index is 0.153. The molecule has 13 heavy (non-hydrogen) atoms. The summed E-state index contributed by atoms with van der Waals surface area (Å²) in [5.74, 6) is -0.153. The Morgan fingerprint density at radius 3 is 3.08 bits per heavy atom. The summed E-state index contributed by atoms with van der Waals surface area (Å²) in [5.41, 5.74) is 5.35. The van der Waals surface area contributed by atoms with Gasteiger partial charge in [0, 0.05) is 12.7 Å². The highest BCUT2D eigenvalue weighted by Gasteiger charge is 2.05. The van der Waals surface area contributed by atoms with Crippen LogP contribution in [0.1, 0.15) is 6.92 Å². The van der Waals surface area contributed by atoms with E-state index in [4.69, 9.17) is 5.73 Å². The standard InChI is InChI=1S/C7H13N5O/c1-6(8)7(13)9-2-4-12-5-3-10-11-12/h3,5-6H,2,4,8H2,1H3,(H,9,13). The average molecular weight is 183 g/mol. The molecule has 0 aliphatic rings. The predicted molar refractivity (Wildman–Crippen MR) is 46.7 cm³/mol. The Bertz CT molecular complexity index is 256. The van der Waals surface area contributed by atoms with E-state index in [1.165, 1.54) is 0 Å². The Labute approximate surface area is 76.1 Å². The summed E-state index contributed by atoms with van der Waals surface area (Å²) in [5, 5.41) is 10.0. The molecule has 1 atom stereocenters. The Kier molecular flexibility index (Phi) is 3.39. The van der Waals surface area contributed by atoms with Crippen LogP contribution in [0, 0.1) is 0 Å². The number of carbonyl (C=O) groups is 1. The number of amides is 1. The van der Waals surface area contributed by atoms with Gasteiger partial charge in [0.05, 0.1) is 18.8 Å². The molecule has 1 amide bonds. The predicted octanol–water partition coefficient (Wildman–Crippen LogP) is -1.26. The smallest absolute Gasteiger partial charge is 0.236 e. The lowest BCUT2D eigenvalue weighted by Gasteiger charge is -2.06. The highest BCUT2D eigenvalue weighted by molar-refractivity contribution is 5.80. The van der Waals surface area contributed by atoms with Crippen molar-refractivity contribution < 1.29 is 4.79 Å². The number of hydrogen-bond acceptors (Lipinski definition) is 4. The topological polar surface area (TPSA) is 85.8 Å². The maximum atomic E-state index is 11.0. The Hall–Kier alpha value is -1.43. The fourth-order valence-electron chi connectivity index (χ4n) is 0.807. The molecule has 1 aromatic rings. The lowest BCUT2D eigenvalue weighted by Crippen LogP contribution is -2.39. The zero-order valence-corrected chi connectivity index (χ0v) is 7.47. The molecule has 1 rings (SSSR count). The third kappa shape index (κ3) is 3.20. The van der Waals surface area contributed by atoms with Crippen molar-refractivity contribution in [3.63, 3.8) is 0 Å². The van der Waals surface area contributed by atoms with Crippen LogP contribution in [0.15, 0.2) is 12.4 Å². The fourth-order valence-corrected chi connectivity index (χ4v) is 0.807. The molecule has 0 aliphatic carbocycles. The highest BCUT2D eigenvalue weighted by atomic mass is 16.2. The van der Waals surface area contributed by atoms with Crippen molar-refractivity contribution in [2.45, 2.75) is 19.5 Å². The minimum atomic E-state index is -0.462. The second-order valence-corrected chi connectivity index (χ2v) is 2.75. The average Bonchev–Trinajstić information content (AvgIpc) is 2.56. The maximum absolute atomic E-state index is 11.0. The molecule has 0 bridgehead atoms. The molecule has 0 spiro atoms. The van der Waals surface area contributed by atoms with Crippen molar-refractivity contribution in [3.8, 4) is 0 Å². The highest BCUT2D eigenvalue weighted by Crippen LogP contribution is 1.80. The summed E-state index contributed by atoms with van der Waals surface area (Å²) in [7, 11) is 0. The van der Waals surface area contributed by atoms with E-state index in [0.29, 0.717) is 13.1 Å². The fraction of sp³-hybridized carbons (Fsp3) is 0.571. The summed E-state index contributed by atoms with van der Waals surface area (Å²) < 4.78 is 1.64. The molecule has 0 fully saturated rings. The molecule has 1 aromatic heterocycles. The van der Waals surface area contributed by atoms with Gasteiger partial charge in [0.15, 0.2) is 0 Å². The van der Waals surface area contributed by atoms with E-state index in [1.807, 2.05) is 0 Å². The normalized spacial score (nSPS) is 12.5. The van der Waals surface area contributed by atoms with E-state index in [9.17, 15) is 4.79 Å². The van der Waals surface area contributed by atoms with Crippen molar-refractivity contribution in [1.29, 1.82) is 0 Å². The quantitative estimate of drug-likeness (QED) is 0.610. The molecule has 0 saturated carbocycles. The number of aromatic nitrogens is 3. The van der Waals surface area contributed by atoms with E-state index in [1.54, 1.807) is 24.0 Å². The van der Waals surface area contributed by atoms with Crippen molar-refractivity contribution in [2.24, 2.45) is 5.73 Å². The number of nitrogens with zero attached hydrogens (tertiary/aromatic N) is 3. The SMILES string of the molecule is CC(N)C(=O)NCCn1ccnn1. The first-order valence-electron chi connectivity index (χ1n) is 4.07. The summed E-state index contributed by atoms with van der Waals surface area (Å²) in [6.45, 7) is 2.77. The lowest BCUT2D eigenvalue weighted by atomic mass is 10.3. The summed E-state index contributed by atoms with van der Waals surface area (Å²) in [4.78, 5) is 11.0. The van der Waals surface area contributed by atoms with Crippen molar-refractivity contribution in [1.82, 2.24) is 20.3 Å². The van der Waals surface area contributed by atoms with Gasteiger partial charge in [-0.05, 0) is 6.92 Å². The first-order chi connectivity index (χ1) is 6.20. The zero-order chi connectivity index (χ0) is 9.68. The second kappa shape index (κ2) is 4.56. The first-order valence-corrected chi connectivity index (χ1v) is 4.07. The van der Waals surface area contributed by atoms with Gasteiger partial charge in [0.25, 0.3) is 0 Å². The number of rotatable bonds is 4. The van der Waals surface area contributed by atoms with Gasteiger partial charge >= 0.3 is 0 Å². The molecule has 72 valence electrons. The molecule has 0 aromatic carbocycles. The largest absolute Gasteiger partial charge is 0.353 e. The number of nitrogens with one attached hydrogen (secondary N) is 1. The van der Waals surface area contributed by atoms with Crippen molar-refractivity contribution in [3.05, 3.63) is 12.4 Å². The van der Waals surface area contributed by atoms with E-state index in [0.717, 1.165) is 0 Å². The second-order valence-electron chi connectivity index (χ2n) is 2.75. The molecular formula is C7H13N5O. The van der Waals surface area contributed by atoms with Crippen LogP contribution >= 0.6 is 0 Å². The summed E-state index contributed by atoms with van der Waals surface area (Å²) >= 11 is 0. The molecule has 0 radical (unpaired) electrons. The van der Waals surface area contributed by atoms with E-state index < -0.39 is 6.04 Å². The van der Waals surface area contributed by atoms with Gasteiger partial charge in [-0.1, -0.05) is 5.21 Å². The van der Waals surface area contributed by atoms with E-state index in [2.05, 4.69) is 15.6 Å². The minimum Gasteiger partial charge on any atom is -0.353 e. The molecular weight excluding hydrogens is 170 g/mol. The van der Waals surface area contributed by atoms with Gasteiger partial charge in [-0.2, -0.15) is 0 Å². The Morgan fingerprint density at radius 2 is 2.54 bits per heavy atom. The van der Waals surface area contributed by atoms with Gasteiger partial charge in [0.2, 0.25) is 5.91 Å². The van der Waals surface area contributed by atoms with E-state index >= 15 is 0 Å². The summed E-state index contributed by atoms with van der Waals surface area (Å²) in [6, 6.07) is -0.462. The van der Waals surface area contributed by atoms with Crippen molar-refractivity contribution in [2.75, 3.05) is 6.54 Å². The molecule has 1 heterocycles. The maximum Gasteiger partial charge on any atom is 0.236 e. The van der Waals surface area contributed by atoms with Gasteiger partial charge in [-0.3, -0.25) is 9.48 Å². The Morgan fingerprint density at radius 1 is 1.77 bits per heavy atom. The lowest BCUT2D eigenvalue weighted by molar-refractivity contribution is -0.122. The number of nitrogens with two attached hydrogens (primary N) is 1. The van der Waals surface area contributed by atoms with Crippen LogP contribution in [0.25, 0.3) is 0 Å². The molecule has 0 saturated heterocycles. The Balaban J connectivity index is 2.18. The van der Waals surface area contributed by atoms with Crippen LogP contribution in [0.4, 0.5) is 0 Å². The molecule has 0 aliphatic heterocycles. The molecule has 1 unspecified atom stereocenters. The van der Waals surface area contributed by atoms with Gasteiger partial charge in [0.1, 0.15) is 0 Å². The molecule has 6 nitrogen and oxygen atoms in total. The number of hydrogen-bond donors (Lipinski definition) is 2. The van der Waals surface area contributed by atoms with Crippen LogP contribution < -0.4 is 11.1 Å². The molecule has 3 N–H and O–H groups in total. The van der Waals surface area contributed by atoms with E-state index in [-0.39, 0.29) is 5.91 Å². The van der Waals surface area contributed by atoms with Gasteiger partial charge in [-0.25, -0.2) is 0 Å². The van der Waals surface area contributed by atoms with Crippen LogP contribution in [0.2, 0.25) is 0 Å². The third-order valence-electron chi connectivity index (χ3n) is 1.53. The third-order valence-corrected chi connectivity index (χ3v) is 1.53. The van der Waals surface area contributed by atoms with Gasteiger partial charge in [-0.15, -0.1) is 5.10 Å². The van der Waals surface area contributed by atoms with Crippen molar-refractivity contribution >= 4 is 5.91 Å². The zero-order valence-electron chi connectivity index (χ0n) is 7.47. The van der Waals surface area contributed by atoms with Crippen LogP contribution in [-0.4, -0.2) is 33.5 Å². The van der Waals surface area contributed by atoms with Crippen LogP contribution in [0.3, 0.4) is 0 Å². The van der Waals surface area contributed by atoms with Gasteiger partial charge < -0.3 is 11.1 Å². The first kappa shape index (κ1) is 9.66. The molecule has 6 heteroatoms.